The van der Waals surface area contributed by atoms with Gasteiger partial charge in [0.25, 0.3) is 5.89 Å². The average Bonchev–Trinajstić information content (AvgIpc) is 3.55. The highest BCUT2D eigenvalue weighted by Gasteiger charge is 2.39. The number of aromatic nitrogens is 3. The number of likely N-dealkylation sites (tertiary alicyclic amines) is 2. The van der Waals surface area contributed by atoms with E-state index >= 15 is 0 Å². The summed E-state index contributed by atoms with van der Waals surface area (Å²) in [5.41, 5.74) is 2.39. The molecule has 0 N–H and O–H groups in total. The van der Waals surface area contributed by atoms with Crippen LogP contribution in [0.4, 0.5) is 0 Å². The first-order valence-electron chi connectivity index (χ1n) is 11.0. The maximum atomic E-state index is 12.0. The second-order valence-electron chi connectivity index (χ2n) is 8.43. The molecular formula is C23H27N5O3. The van der Waals surface area contributed by atoms with E-state index in [1.54, 1.807) is 6.92 Å². The molecule has 0 spiro atoms. The summed E-state index contributed by atoms with van der Waals surface area (Å²) in [7, 11) is 0. The maximum absolute atomic E-state index is 12.0. The van der Waals surface area contributed by atoms with Crippen LogP contribution >= 0.6 is 0 Å². The minimum Gasteiger partial charge on any atom is -0.419 e. The Morgan fingerprint density at radius 3 is 2.68 bits per heavy atom. The Balaban J connectivity index is 1.36. The maximum Gasteiger partial charge on any atom is 0.253 e. The van der Waals surface area contributed by atoms with Gasteiger partial charge in [0.2, 0.25) is 11.8 Å². The number of amides is 1. The van der Waals surface area contributed by atoms with E-state index in [0.717, 1.165) is 49.9 Å². The van der Waals surface area contributed by atoms with Crippen LogP contribution in [0.3, 0.4) is 0 Å². The first-order chi connectivity index (χ1) is 15.1. The van der Waals surface area contributed by atoms with Gasteiger partial charge in [0.05, 0.1) is 6.54 Å². The third-order valence-electron chi connectivity index (χ3n) is 6.49. The van der Waals surface area contributed by atoms with Gasteiger partial charge in [-0.1, -0.05) is 35.5 Å². The summed E-state index contributed by atoms with van der Waals surface area (Å²) < 4.78 is 11.5. The van der Waals surface area contributed by atoms with E-state index in [2.05, 4.69) is 20.3 Å². The Kier molecular flexibility index (Phi) is 5.31. The van der Waals surface area contributed by atoms with Crippen LogP contribution in [0.15, 0.2) is 39.3 Å². The van der Waals surface area contributed by atoms with Gasteiger partial charge in [0.1, 0.15) is 17.0 Å². The molecule has 162 valence electrons. The monoisotopic (exact) mass is 421 g/mol. The third-order valence-corrected chi connectivity index (χ3v) is 6.49. The summed E-state index contributed by atoms with van der Waals surface area (Å²) in [5, 5.41) is 12.8. The first-order valence-corrected chi connectivity index (χ1v) is 11.0. The van der Waals surface area contributed by atoms with Gasteiger partial charge in [-0.3, -0.25) is 9.69 Å². The normalized spacial score (nSPS) is 21.8. The molecule has 2 atom stereocenters. The van der Waals surface area contributed by atoms with Gasteiger partial charge in [-0.2, -0.15) is 0 Å². The molecule has 5 rings (SSSR count). The SMILES string of the molecule is CC(=O)N1CCC[C@@H]1[C@@H]1CCCN1Cc1nnc(-c2c(-c3ccccc3)noc2C)o1. The predicted octanol–water partition coefficient (Wildman–Crippen LogP) is 3.68. The zero-order valence-corrected chi connectivity index (χ0v) is 18.0. The van der Waals surface area contributed by atoms with E-state index in [1.807, 2.05) is 42.2 Å². The number of rotatable bonds is 5. The average molecular weight is 422 g/mol. The van der Waals surface area contributed by atoms with Crippen LogP contribution in [0.25, 0.3) is 22.7 Å². The Labute approximate surface area is 181 Å². The highest BCUT2D eigenvalue weighted by molar-refractivity contribution is 5.77. The van der Waals surface area contributed by atoms with Crippen molar-refractivity contribution in [2.45, 2.75) is 58.2 Å². The molecule has 0 bridgehead atoms. The van der Waals surface area contributed by atoms with Gasteiger partial charge >= 0.3 is 0 Å². The lowest BCUT2D eigenvalue weighted by atomic mass is 10.0. The largest absolute Gasteiger partial charge is 0.419 e. The molecule has 2 saturated heterocycles. The molecule has 2 fully saturated rings. The second kappa shape index (κ2) is 8.26. The van der Waals surface area contributed by atoms with Crippen molar-refractivity contribution in [1.82, 2.24) is 25.2 Å². The summed E-state index contributed by atoms with van der Waals surface area (Å²) in [6.07, 6.45) is 4.36. The smallest absolute Gasteiger partial charge is 0.253 e. The first kappa shape index (κ1) is 19.9. The summed E-state index contributed by atoms with van der Waals surface area (Å²) in [5.74, 6) is 1.82. The van der Waals surface area contributed by atoms with Crippen molar-refractivity contribution in [1.29, 1.82) is 0 Å². The van der Waals surface area contributed by atoms with Crippen LogP contribution in [0.1, 0.15) is 44.3 Å². The topological polar surface area (TPSA) is 88.5 Å². The fourth-order valence-corrected chi connectivity index (χ4v) is 5.08. The Hall–Kier alpha value is -3.00. The number of nitrogens with zero attached hydrogens (tertiary/aromatic N) is 5. The molecule has 0 aliphatic carbocycles. The number of benzene rings is 1. The number of hydrogen-bond acceptors (Lipinski definition) is 7. The molecule has 0 unspecified atom stereocenters. The molecule has 3 aromatic rings. The van der Waals surface area contributed by atoms with Crippen LogP contribution in [-0.2, 0) is 11.3 Å². The molecule has 8 nitrogen and oxygen atoms in total. The Morgan fingerprint density at radius 2 is 1.87 bits per heavy atom. The van der Waals surface area contributed by atoms with Crippen molar-refractivity contribution < 1.29 is 13.7 Å². The molecule has 31 heavy (non-hydrogen) atoms. The van der Waals surface area contributed by atoms with Crippen molar-refractivity contribution in [2.75, 3.05) is 13.1 Å². The molecule has 0 radical (unpaired) electrons. The number of aryl methyl sites for hydroxylation is 1. The Morgan fingerprint density at radius 1 is 1.10 bits per heavy atom. The van der Waals surface area contributed by atoms with Crippen molar-refractivity contribution in [2.24, 2.45) is 0 Å². The van der Waals surface area contributed by atoms with Crippen LogP contribution in [0.5, 0.6) is 0 Å². The molecule has 2 aliphatic heterocycles. The molecule has 1 aromatic carbocycles. The fourth-order valence-electron chi connectivity index (χ4n) is 5.08. The van der Waals surface area contributed by atoms with Gasteiger partial charge in [0, 0.05) is 31.1 Å². The number of hydrogen-bond donors (Lipinski definition) is 0. The lowest BCUT2D eigenvalue weighted by Gasteiger charge is -2.34. The number of carbonyl (C=O) groups is 1. The van der Waals surface area contributed by atoms with Crippen molar-refractivity contribution in [3.63, 3.8) is 0 Å². The predicted molar refractivity (Wildman–Crippen MR) is 114 cm³/mol. The summed E-state index contributed by atoms with van der Waals surface area (Å²) in [6, 6.07) is 10.5. The molecule has 2 aliphatic rings. The van der Waals surface area contributed by atoms with Gasteiger partial charge in [-0.15, -0.1) is 10.2 Å². The van der Waals surface area contributed by atoms with Crippen LogP contribution in [0.2, 0.25) is 0 Å². The van der Waals surface area contributed by atoms with E-state index in [9.17, 15) is 4.79 Å². The lowest BCUT2D eigenvalue weighted by Crippen LogP contribution is -2.47. The molecule has 4 heterocycles. The highest BCUT2D eigenvalue weighted by atomic mass is 16.5. The summed E-state index contributed by atoms with van der Waals surface area (Å²) in [4.78, 5) is 16.5. The van der Waals surface area contributed by atoms with E-state index in [1.165, 1.54) is 0 Å². The van der Waals surface area contributed by atoms with Crippen molar-refractivity contribution >= 4 is 5.91 Å². The van der Waals surface area contributed by atoms with Crippen molar-refractivity contribution in [3.05, 3.63) is 42.0 Å². The molecular weight excluding hydrogens is 394 g/mol. The van der Waals surface area contributed by atoms with Gasteiger partial charge < -0.3 is 13.8 Å². The van der Waals surface area contributed by atoms with Crippen LogP contribution < -0.4 is 0 Å². The minimum atomic E-state index is 0.172. The van der Waals surface area contributed by atoms with Gasteiger partial charge in [-0.05, 0) is 39.2 Å². The fraction of sp³-hybridized carbons (Fsp3) is 0.478. The summed E-state index contributed by atoms with van der Waals surface area (Å²) >= 11 is 0. The van der Waals surface area contributed by atoms with E-state index in [-0.39, 0.29) is 11.9 Å². The standard InChI is InChI=1S/C23H27N5O3/c1-15-21(22(26-31-15)17-8-4-3-5-9-17)23-25-24-20(30-23)14-27-12-6-10-18(27)19-11-7-13-28(19)16(2)29/h3-5,8-9,18-19H,6-7,10-14H2,1-2H3/t18-,19+/m0/s1. The zero-order chi connectivity index (χ0) is 21.4. The van der Waals surface area contributed by atoms with Crippen LogP contribution in [-0.4, -0.2) is 56.2 Å². The molecule has 1 amide bonds. The number of carbonyl (C=O) groups excluding carboxylic acids is 1. The van der Waals surface area contributed by atoms with E-state index < -0.39 is 0 Å². The third kappa shape index (κ3) is 3.76. The molecule has 8 heteroatoms. The lowest BCUT2D eigenvalue weighted by molar-refractivity contribution is -0.130. The molecule has 2 aromatic heterocycles. The van der Waals surface area contributed by atoms with Gasteiger partial charge in [-0.25, -0.2) is 0 Å². The Bertz CT molecular complexity index is 1060. The van der Waals surface area contributed by atoms with Crippen molar-refractivity contribution in [3.8, 4) is 22.7 Å². The van der Waals surface area contributed by atoms with Gasteiger partial charge in [0.15, 0.2) is 0 Å². The molecule has 0 saturated carbocycles. The minimum absolute atomic E-state index is 0.172. The zero-order valence-electron chi connectivity index (χ0n) is 18.0. The van der Waals surface area contributed by atoms with Crippen LogP contribution in [0, 0.1) is 6.92 Å². The quantitative estimate of drug-likeness (QED) is 0.621. The van der Waals surface area contributed by atoms with E-state index in [0.29, 0.717) is 35.8 Å². The second-order valence-corrected chi connectivity index (χ2v) is 8.43. The summed E-state index contributed by atoms with van der Waals surface area (Å²) in [6.45, 7) is 5.96. The van der Waals surface area contributed by atoms with E-state index in [4.69, 9.17) is 8.94 Å². The highest BCUT2D eigenvalue weighted by Crippen LogP contribution is 2.34.